The van der Waals surface area contributed by atoms with Gasteiger partial charge in [-0.1, -0.05) is 15.9 Å². The Bertz CT molecular complexity index is 482. The molecule has 0 saturated carbocycles. The van der Waals surface area contributed by atoms with Crippen LogP contribution in [0.4, 0.5) is 4.39 Å². The number of aliphatic hydroxyl groups is 1. The lowest BCUT2D eigenvalue weighted by Crippen LogP contribution is -2.50. The summed E-state index contributed by atoms with van der Waals surface area (Å²) in [5.41, 5.74) is -0.836. The molecule has 1 aromatic heterocycles. The summed E-state index contributed by atoms with van der Waals surface area (Å²) in [6, 6.07) is 3.40. The van der Waals surface area contributed by atoms with Crippen molar-refractivity contribution >= 4 is 26.9 Å². The summed E-state index contributed by atoms with van der Waals surface area (Å²) in [5.74, 6) is 0. The maximum absolute atomic E-state index is 13.7. The molecule has 7 heteroatoms. The van der Waals surface area contributed by atoms with E-state index in [1.54, 1.807) is 39.1 Å². The first kappa shape index (κ1) is 17.7. The molecule has 114 valence electrons. The molecule has 4 nitrogen and oxygen atoms in total. The highest BCUT2D eigenvalue weighted by Gasteiger charge is 2.37. The van der Waals surface area contributed by atoms with Gasteiger partial charge in [0.15, 0.2) is 0 Å². The maximum Gasteiger partial charge on any atom is 0.114 e. The van der Waals surface area contributed by atoms with Gasteiger partial charge in [0, 0.05) is 17.3 Å². The van der Waals surface area contributed by atoms with Crippen LogP contribution in [-0.4, -0.2) is 32.3 Å². The minimum Gasteiger partial charge on any atom is -0.396 e. The van der Waals surface area contributed by atoms with Gasteiger partial charge in [0.1, 0.15) is 12.2 Å². The summed E-state index contributed by atoms with van der Waals surface area (Å²) in [4.78, 5) is 4.16. The highest BCUT2D eigenvalue weighted by molar-refractivity contribution is 9.10. The maximum atomic E-state index is 13.7. The topological polar surface area (TPSA) is 62.2 Å². The van der Waals surface area contributed by atoms with Crippen LogP contribution in [0.1, 0.15) is 32.9 Å². The molecule has 0 unspecified atom stereocenters. The van der Waals surface area contributed by atoms with E-state index in [2.05, 4.69) is 25.6 Å². The highest BCUT2D eigenvalue weighted by atomic mass is 79.9. The Kier molecular flexibility index (Phi) is 6.25. The van der Waals surface area contributed by atoms with Crippen molar-refractivity contribution in [1.82, 2.24) is 9.71 Å². The normalized spacial score (nSPS) is 16.7. The van der Waals surface area contributed by atoms with Gasteiger partial charge in [-0.15, -0.1) is 0 Å². The number of hydrogen-bond donors (Lipinski definition) is 2. The van der Waals surface area contributed by atoms with Gasteiger partial charge in [-0.3, -0.25) is 4.98 Å². The quantitative estimate of drug-likeness (QED) is 0.812. The van der Waals surface area contributed by atoms with Crippen LogP contribution in [0, 0.1) is 0 Å². The molecule has 0 bridgehead atoms. The van der Waals surface area contributed by atoms with E-state index in [0.29, 0.717) is 5.69 Å². The number of pyridine rings is 1. The van der Waals surface area contributed by atoms with Crippen molar-refractivity contribution in [3.05, 3.63) is 28.5 Å². The van der Waals surface area contributed by atoms with Gasteiger partial charge in [-0.2, -0.15) is 0 Å². The molecule has 0 aromatic carbocycles. The second kappa shape index (κ2) is 7.06. The molecule has 1 aromatic rings. The third kappa shape index (κ3) is 4.31. The van der Waals surface area contributed by atoms with Gasteiger partial charge < -0.3 is 5.11 Å². The summed E-state index contributed by atoms with van der Waals surface area (Å²) in [7, 11) is -1.47. The number of alkyl halides is 1. The minimum atomic E-state index is -1.47. The molecule has 0 aliphatic rings. The fourth-order valence-corrected chi connectivity index (χ4v) is 2.84. The minimum absolute atomic E-state index is 0.0920. The summed E-state index contributed by atoms with van der Waals surface area (Å²) >= 11 is 3.31. The Morgan fingerprint density at radius 1 is 1.50 bits per heavy atom. The SMILES string of the molecule is CC(C)(C)[S@@](=O)N[C@@](CF)(CCO)c1cc(Br)ccn1. The highest BCUT2D eigenvalue weighted by Crippen LogP contribution is 2.28. The Balaban J connectivity index is 3.19. The number of aliphatic hydroxyl groups excluding tert-OH is 1. The molecule has 0 saturated heterocycles. The average molecular weight is 367 g/mol. The van der Waals surface area contributed by atoms with Crippen molar-refractivity contribution in [2.45, 2.75) is 37.5 Å². The van der Waals surface area contributed by atoms with Crippen LogP contribution >= 0.6 is 15.9 Å². The molecule has 20 heavy (non-hydrogen) atoms. The van der Waals surface area contributed by atoms with Gasteiger partial charge in [-0.05, 0) is 39.3 Å². The number of aromatic nitrogens is 1. The number of nitrogens with one attached hydrogen (secondary N) is 1. The second-order valence-corrected chi connectivity index (χ2v) is 8.41. The van der Waals surface area contributed by atoms with E-state index in [-0.39, 0.29) is 13.0 Å². The zero-order valence-electron chi connectivity index (χ0n) is 11.8. The lowest BCUT2D eigenvalue weighted by molar-refractivity contribution is 0.193. The first-order valence-corrected chi connectivity index (χ1v) is 8.18. The molecule has 1 rings (SSSR count). The first-order chi connectivity index (χ1) is 9.25. The van der Waals surface area contributed by atoms with Crippen molar-refractivity contribution in [3.63, 3.8) is 0 Å². The molecule has 0 radical (unpaired) electrons. The van der Waals surface area contributed by atoms with E-state index < -0.39 is 27.9 Å². The standard InChI is InChI=1S/C13H20BrFN2O2S/c1-12(2,3)20(19)17-13(9-15,5-7-18)11-8-10(14)4-6-16-11/h4,6,8,17-18H,5,7,9H2,1-3H3/t13-,20-/m1/s1. The molecular formula is C13H20BrFN2O2S. The van der Waals surface area contributed by atoms with Crippen LogP contribution in [0.2, 0.25) is 0 Å². The predicted octanol–water partition coefficient (Wildman–Crippen LogP) is 2.44. The van der Waals surface area contributed by atoms with Crippen molar-refractivity contribution in [1.29, 1.82) is 0 Å². The van der Waals surface area contributed by atoms with Gasteiger partial charge in [-0.25, -0.2) is 13.3 Å². The van der Waals surface area contributed by atoms with Gasteiger partial charge in [0.25, 0.3) is 0 Å². The van der Waals surface area contributed by atoms with Crippen LogP contribution in [-0.2, 0) is 16.5 Å². The lowest BCUT2D eigenvalue weighted by atomic mass is 9.94. The van der Waals surface area contributed by atoms with E-state index in [1.807, 2.05) is 0 Å². The van der Waals surface area contributed by atoms with E-state index in [1.165, 1.54) is 0 Å². The number of rotatable bonds is 6. The van der Waals surface area contributed by atoms with Gasteiger partial charge >= 0.3 is 0 Å². The van der Waals surface area contributed by atoms with Crippen molar-refractivity contribution < 1.29 is 13.7 Å². The summed E-state index contributed by atoms with van der Waals surface area (Å²) < 4.78 is 29.0. The Morgan fingerprint density at radius 3 is 2.60 bits per heavy atom. The van der Waals surface area contributed by atoms with Gasteiger partial charge in [0.05, 0.1) is 21.4 Å². The number of hydrogen-bond acceptors (Lipinski definition) is 3. The Labute approximate surface area is 129 Å². The lowest BCUT2D eigenvalue weighted by Gasteiger charge is -2.33. The number of nitrogens with zero attached hydrogens (tertiary/aromatic N) is 1. The van der Waals surface area contributed by atoms with E-state index in [0.717, 1.165) is 4.47 Å². The summed E-state index contributed by atoms with van der Waals surface area (Å²) in [5, 5.41) is 9.23. The largest absolute Gasteiger partial charge is 0.396 e. The van der Waals surface area contributed by atoms with E-state index in [4.69, 9.17) is 0 Å². The number of halogens is 2. The fraction of sp³-hybridized carbons (Fsp3) is 0.615. The van der Waals surface area contributed by atoms with Crippen LogP contribution in [0.25, 0.3) is 0 Å². The fourth-order valence-electron chi connectivity index (χ4n) is 1.58. The van der Waals surface area contributed by atoms with Crippen molar-refractivity contribution in [2.24, 2.45) is 0 Å². The predicted molar refractivity (Wildman–Crippen MR) is 82.3 cm³/mol. The monoisotopic (exact) mass is 366 g/mol. The molecule has 0 aliphatic carbocycles. The third-order valence-corrected chi connectivity index (χ3v) is 5.01. The molecule has 0 spiro atoms. The van der Waals surface area contributed by atoms with E-state index >= 15 is 0 Å². The van der Waals surface area contributed by atoms with Crippen LogP contribution in [0.3, 0.4) is 0 Å². The zero-order chi connectivity index (χ0) is 15.4. The van der Waals surface area contributed by atoms with Crippen molar-refractivity contribution in [3.8, 4) is 0 Å². The Hall–Kier alpha value is -0.370. The molecule has 2 atom stereocenters. The van der Waals surface area contributed by atoms with Crippen LogP contribution in [0.15, 0.2) is 22.8 Å². The summed E-state index contributed by atoms with van der Waals surface area (Å²) in [6.45, 7) is 4.36. The average Bonchev–Trinajstić information content (AvgIpc) is 2.36. The third-order valence-electron chi connectivity index (χ3n) is 2.82. The van der Waals surface area contributed by atoms with Crippen molar-refractivity contribution in [2.75, 3.05) is 13.3 Å². The van der Waals surface area contributed by atoms with Crippen LogP contribution < -0.4 is 4.72 Å². The van der Waals surface area contributed by atoms with E-state index in [9.17, 15) is 13.7 Å². The first-order valence-electron chi connectivity index (χ1n) is 6.24. The molecule has 0 fully saturated rings. The molecule has 0 aliphatic heterocycles. The molecular weight excluding hydrogens is 347 g/mol. The molecule has 1 heterocycles. The molecule has 0 amide bonds. The smallest absolute Gasteiger partial charge is 0.114 e. The van der Waals surface area contributed by atoms with Crippen LogP contribution in [0.5, 0.6) is 0 Å². The van der Waals surface area contributed by atoms with Gasteiger partial charge in [0.2, 0.25) is 0 Å². The zero-order valence-corrected chi connectivity index (χ0v) is 14.2. The second-order valence-electron chi connectivity index (χ2n) is 5.53. The Morgan fingerprint density at radius 2 is 2.15 bits per heavy atom. The summed E-state index contributed by atoms with van der Waals surface area (Å²) in [6.07, 6.45) is 1.64. The molecule has 2 N–H and O–H groups in total.